The molecule has 126 valence electrons. The number of nitrogens with zero attached hydrogens (tertiary/aromatic N) is 2. The van der Waals surface area contributed by atoms with Crippen molar-refractivity contribution in [2.24, 2.45) is 0 Å². The summed E-state index contributed by atoms with van der Waals surface area (Å²) in [4.78, 5) is 13.4. The molecule has 0 aromatic carbocycles. The van der Waals surface area contributed by atoms with Gasteiger partial charge in [-0.2, -0.15) is 5.26 Å². The molecule has 1 rings (SSSR count). The second-order valence-electron chi connectivity index (χ2n) is 6.15. The zero-order valence-corrected chi connectivity index (χ0v) is 13.7. The van der Waals surface area contributed by atoms with Crippen molar-refractivity contribution in [2.45, 2.75) is 58.0 Å². The molecule has 3 atom stereocenters. The number of likely N-dealkylation sites (tertiary alicyclic amines) is 1. The molecule has 0 aromatic rings. The van der Waals surface area contributed by atoms with Crippen molar-refractivity contribution in [3.8, 4) is 6.07 Å². The molecular formula is C15H25FN2O4. The average molecular weight is 316 g/mol. The third kappa shape index (κ3) is 5.78. The maximum Gasteiger partial charge on any atom is 0.410 e. The first-order valence-corrected chi connectivity index (χ1v) is 7.51. The Bertz CT molecular complexity index is 405. The monoisotopic (exact) mass is 316 g/mol. The van der Waals surface area contributed by atoms with Gasteiger partial charge in [-0.05, 0) is 27.7 Å². The molecular weight excluding hydrogens is 291 g/mol. The molecule has 0 spiro atoms. The van der Waals surface area contributed by atoms with E-state index in [4.69, 9.17) is 14.2 Å². The summed E-state index contributed by atoms with van der Waals surface area (Å²) < 4.78 is 29.6. The summed E-state index contributed by atoms with van der Waals surface area (Å²) in [5.74, 6) is 0. The van der Waals surface area contributed by atoms with Gasteiger partial charge in [0.1, 0.15) is 11.8 Å². The van der Waals surface area contributed by atoms with Gasteiger partial charge in [0.15, 0.2) is 6.10 Å². The fraction of sp³-hybridized carbons (Fsp3) is 0.867. The normalized spacial score (nSPS) is 23.2. The lowest BCUT2D eigenvalue weighted by atomic mass is 10.1. The van der Waals surface area contributed by atoms with Crippen LogP contribution in [-0.2, 0) is 14.2 Å². The van der Waals surface area contributed by atoms with E-state index in [0.29, 0.717) is 13.2 Å². The Morgan fingerprint density at radius 2 is 2.14 bits per heavy atom. The molecule has 1 amide bonds. The van der Waals surface area contributed by atoms with Crippen molar-refractivity contribution in [3.63, 3.8) is 0 Å². The molecule has 1 unspecified atom stereocenters. The fourth-order valence-corrected chi connectivity index (χ4v) is 2.24. The lowest BCUT2D eigenvalue weighted by Crippen LogP contribution is -2.45. The van der Waals surface area contributed by atoms with Gasteiger partial charge in [0.05, 0.1) is 31.9 Å². The quantitative estimate of drug-likeness (QED) is 0.703. The number of nitriles is 1. The molecule has 1 aliphatic heterocycles. The SMILES string of the molecule is CCOCCOC(C#N)[C@H]1C[C@H](F)CN1C(=O)OC(C)(C)C. The average Bonchev–Trinajstić information content (AvgIpc) is 2.79. The number of carbonyl (C=O) groups is 1. The Kier molecular flexibility index (Phi) is 7.04. The molecule has 0 bridgehead atoms. The summed E-state index contributed by atoms with van der Waals surface area (Å²) in [7, 11) is 0. The van der Waals surface area contributed by atoms with Crippen molar-refractivity contribution >= 4 is 6.09 Å². The van der Waals surface area contributed by atoms with E-state index in [1.165, 1.54) is 4.90 Å². The highest BCUT2D eigenvalue weighted by molar-refractivity contribution is 5.69. The first-order chi connectivity index (χ1) is 10.3. The predicted molar refractivity (Wildman–Crippen MR) is 78.1 cm³/mol. The minimum absolute atomic E-state index is 0.0755. The number of carbonyl (C=O) groups excluding carboxylic acids is 1. The number of ether oxygens (including phenoxy) is 3. The fourth-order valence-electron chi connectivity index (χ4n) is 2.24. The van der Waals surface area contributed by atoms with Gasteiger partial charge in [-0.1, -0.05) is 0 Å². The summed E-state index contributed by atoms with van der Waals surface area (Å²) in [6.07, 6.45) is -2.62. The molecule has 0 aliphatic carbocycles. The lowest BCUT2D eigenvalue weighted by molar-refractivity contribution is -0.0165. The van der Waals surface area contributed by atoms with Crippen molar-refractivity contribution < 1.29 is 23.4 Å². The van der Waals surface area contributed by atoms with Gasteiger partial charge in [0.2, 0.25) is 0 Å². The van der Waals surface area contributed by atoms with Crippen molar-refractivity contribution in [3.05, 3.63) is 0 Å². The first kappa shape index (κ1) is 18.7. The number of rotatable bonds is 6. The Hall–Kier alpha value is -1.39. The van der Waals surface area contributed by atoms with Gasteiger partial charge < -0.3 is 14.2 Å². The molecule has 0 aromatic heterocycles. The number of hydrogen-bond donors (Lipinski definition) is 0. The Balaban J connectivity index is 2.67. The summed E-state index contributed by atoms with van der Waals surface area (Å²) in [5, 5.41) is 9.24. The molecule has 1 fully saturated rings. The van der Waals surface area contributed by atoms with E-state index >= 15 is 0 Å². The van der Waals surface area contributed by atoms with Crippen LogP contribution in [0.5, 0.6) is 0 Å². The second kappa shape index (κ2) is 8.30. The van der Waals surface area contributed by atoms with Crippen LogP contribution in [0.25, 0.3) is 0 Å². The van der Waals surface area contributed by atoms with E-state index in [9.17, 15) is 14.4 Å². The van der Waals surface area contributed by atoms with Crippen LogP contribution in [0, 0.1) is 11.3 Å². The molecule has 1 heterocycles. The third-order valence-corrected chi connectivity index (χ3v) is 3.13. The van der Waals surface area contributed by atoms with Crippen molar-refractivity contribution in [1.82, 2.24) is 4.90 Å². The Labute approximate surface area is 131 Å². The summed E-state index contributed by atoms with van der Waals surface area (Å²) >= 11 is 0. The molecule has 22 heavy (non-hydrogen) atoms. The summed E-state index contributed by atoms with van der Waals surface area (Å²) in [6, 6.07) is 1.35. The Morgan fingerprint density at radius 1 is 1.45 bits per heavy atom. The van der Waals surface area contributed by atoms with Crippen LogP contribution in [0.15, 0.2) is 0 Å². The van der Waals surface area contributed by atoms with Gasteiger partial charge in [0.25, 0.3) is 0 Å². The van der Waals surface area contributed by atoms with E-state index in [1.54, 1.807) is 20.8 Å². The maximum atomic E-state index is 13.7. The Morgan fingerprint density at radius 3 is 2.68 bits per heavy atom. The molecule has 7 heteroatoms. The van der Waals surface area contributed by atoms with Crippen LogP contribution in [0.4, 0.5) is 9.18 Å². The number of hydrogen-bond acceptors (Lipinski definition) is 5. The summed E-state index contributed by atoms with van der Waals surface area (Å²) in [6.45, 7) is 8.13. The molecule has 0 radical (unpaired) electrons. The van der Waals surface area contributed by atoms with Crippen LogP contribution in [0.1, 0.15) is 34.1 Å². The predicted octanol–water partition coefficient (Wildman–Crippen LogP) is 2.28. The maximum absolute atomic E-state index is 13.7. The van der Waals surface area contributed by atoms with Crippen LogP contribution < -0.4 is 0 Å². The van der Waals surface area contributed by atoms with Crippen molar-refractivity contribution in [1.29, 1.82) is 5.26 Å². The zero-order valence-electron chi connectivity index (χ0n) is 13.7. The highest BCUT2D eigenvalue weighted by atomic mass is 19.1. The van der Waals surface area contributed by atoms with E-state index in [0.717, 1.165) is 0 Å². The molecule has 0 N–H and O–H groups in total. The first-order valence-electron chi connectivity index (χ1n) is 7.51. The van der Waals surface area contributed by atoms with E-state index in [-0.39, 0.29) is 19.6 Å². The van der Waals surface area contributed by atoms with Crippen molar-refractivity contribution in [2.75, 3.05) is 26.4 Å². The molecule has 1 saturated heterocycles. The van der Waals surface area contributed by atoms with Gasteiger partial charge in [-0.3, -0.25) is 4.90 Å². The number of alkyl halides is 1. The van der Waals surface area contributed by atoms with Crippen LogP contribution in [0.2, 0.25) is 0 Å². The van der Waals surface area contributed by atoms with Crippen LogP contribution >= 0.6 is 0 Å². The number of halogens is 1. The smallest absolute Gasteiger partial charge is 0.410 e. The topological polar surface area (TPSA) is 71.8 Å². The van der Waals surface area contributed by atoms with Gasteiger partial charge in [-0.25, -0.2) is 9.18 Å². The second-order valence-corrected chi connectivity index (χ2v) is 6.15. The standard InChI is InChI=1S/C15H25FN2O4/c1-5-20-6-7-21-13(9-17)12-8-11(16)10-18(12)14(19)22-15(2,3)4/h11-13H,5-8,10H2,1-4H3/t11-,12+,13?/m0/s1. The third-order valence-electron chi connectivity index (χ3n) is 3.13. The minimum Gasteiger partial charge on any atom is -0.444 e. The minimum atomic E-state index is -1.18. The van der Waals surface area contributed by atoms with Gasteiger partial charge >= 0.3 is 6.09 Å². The zero-order chi connectivity index (χ0) is 16.8. The van der Waals surface area contributed by atoms with E-state index < -0.39 is 30.0 Å². The molecule has 0 saturated carbocycles. The number of amides is 1. The molecule has 6 nitrogen and oxygen atoms in total. The van der Waals surface area contributed by atoms with Crippen LogP contribution in [-0.4, -0.2) is 61.3 Å². The highest BCUT2D eigenvalue weighted by Crippen LogP contribution is 2.26. The largest absolute Gasteiger partial charge is 0.444 e. The lowest BCUT2D eigenvalue weighted by Gasteiger charge is -2.30. The van der Waals surface area contributed by atoms with Crippen LogP contribution in [0.3, 0.4) is 0 Å². The molecule has 1 aliphatic rings. The summed E-state index contributed by atoms with van der Waals surface area (Å²) in [5.41, 5.74) is -0.673. The highest BCUT2D eigenvalue weighted by Gasteiger charge is 2.42. The van der Waals surface area contributed by atoms with Gasteiger partial charge in [0, 0.05) is 13.0 Å². The van der Waals surface area contributed by atoms with Gasteiger partial charge in [-0.15, -0.1) is 0 Å². The van der Waals surface area contributed by atoms with E-state index in [1.807, 2.05) is 13.0 Å². The van der Waals surface area contributed by atoms with E-state index in [2.05, 4.69) is 0 Å².